The average Bonchev–Trinajstić information content (AvgIpc) is 3.00. The Morgan fingerprint density at radius 3 is 2.73 bits per heavy atom. The van der Waals surface area contributed by atoms with Gasteiger partial charge in [0, 0.05) is 10.6 Å². The zero-order valence-corrected chi connectivity index (χ0v) is 14.9. The number of methoxy groups -OCH3 is 1. The number of halogens is 2. The Labute approximate surface area is 157 Å². The molecule has 2 heterocycles. The lowest BCUT2D eigenvalue weighted by molar-refractivity contribution is 0.415. The summed E-state index contributed by atoms with van der Waals surface area (Å²) in [5.41, 5.74) is 1.55. The largest absolute Gasteiger partial charge is 0.497 e. The maximum Gasteiger partial charge on any atom is 0.280 e. The molecule has 0 aliphatic rings. The molecule has 0 saturated heterocycles. The van der Waals surface area contributed by atoms with Crippen LogP contribution in [0.3, 0.4) is 0 Å². The van der Waals surface area contributed by atoms with Crippen molar-refractivity contribution >= 4 is 39.8 Å². The molecule has 0 amide bonds. The Balaban J connectivity index is 2.10. The number of hydrogen-bond acceptors (Lipinski definition) is 4. The number of hydrogen-bond donors (Lipinski definition) is 1. The molecule has 8 heteroatoms. The van der Waals surface area contributed by atoms with Crippen LogP contribution < -0.4 is 10.3 Å². The third kappa shape index (κ3) is 2.41. The minimum Gasteiger partial charge on any atom is -0.497 e. The average molecular weight is 385 g/mol. The summed E-state index contributed by atoms with van der Waals surface area (Å²) in [6.07, 6.45) is 0. The molecular formula is C18H10Cl2N4O2. The van der Waals surface area contributed by atoms with E-state index in [0.29, 0.717) is 38.0 Å². The molecule has 2 aromatic heterocycles. The Hall–Kier alpha value is -3.01. The van der Waals surface area contributed by atoms with Crippen LogP contribution in [-0.2, 0) is 0 Å². The molecule has 0 fully saturated rings. The SMILES string of the molecule is COc1ccc2nc3c(C#N)c(-c4ccc(Cl)cc4Cl)[nH]n3c(=O)c2c1. The highest BCUT2D eigenvalue weighted by atomic mass is 35.5. The zero-order valence-electron chi connectivity index (χ0n) is 13.4. The normalized spacial score (nSPS) is 11.0. The summed E-state index contributed by atoms with van der Waals surface area (Å²) < 4.78 is 6.40. The first kappa shape index (κ1) is 16.5. The van der Waals surface area contributed by atoms with Gasteiger partial charge in [-0.25, -0.2) is 4.98 Å². The second kappa shape index (κ2) is 6.06. The van der Waals surface area contributed by atoms with Crippen molar-refractivity contribution in [3.63, 3.8) is 0 Å². The molecule has 1 N–H and O–H groups in total. The van der Waals surface area contributed by atoms with Gasteiger partial charge >= 0.3 is 0 Å². The number of nitrogens with one attached hydrogen (secondary N) is 1. The van der Waals surface area contributed by atoms with Gasteiger partial charge in [-0.05, 0) is 36.4 Å². The highest BCUT2D eigenvalue weighted by molar-refractivity contribution is 6.36. The first-order chi connectivity index (χ1) is 12.5. The minimum atomic E-state index is -0.336. The Morgan fingerprint density at radius 1 is 1.23 bits per heavy atom. The van der Waals surface area contributed by atoms with Crippen molar-refractivity contribution in [1.82, 2.24) is 14.6 Å². The molecule has 4 aromatic rings. The number of aromatic nitrogens is 3. The predicted molar refractivity (Wildman–Crippen MR) is 100 cm³/mol. The third-order valence-electron chi connectivity index (χ3n) is 4.08. The van der Waals surface area contributed by atoms with Crippen LogP contribution in [0.2, 0.25) is 10.0 Å². The van der Waals surface area contributed by atoms with Gasteiger partial charge in [0.2, 0.25) is 0 Å². The Morgan fingerprint density at radius 2 is 2.04 bits per heavy atom. The van der Waals surface area contributed by atoms with Crippen molar-refractivity contribution in [2.24, 2.45) is 0 Å². The van der Waals surface area contributed by atoms with E-state index in [0.717, 1.165) is 0 Å². The number of H-pyrrole nitrogens is 1. The summed E-state index contributed by atoms with van der Waals surface area (Å²) in [5, 5.41) is 13.8. The van der Waals surface area contributed by atoms with Crippen LogP contribution >= 0.6 is 23.2 Å². The van der Waals surface area contributed by atoms with E-state index in [4.69, 9.17) is 27.9 Å². The summed E-state index contributed by atoms with van der Waals surface area (Å²) in [5.74, 6) is 0.546. The van der Waals surface area contributed by atoms with Gasteiger partial charge in [-0.2, -0.15) is 9.78 Å². The number of aromatic amines is 1. The van der Waals surface area contributed by atoms with E-state index in [1.54, 1.807) is 36.4 Å². The van der Waals surface area contributed by atoms with Crippen molar-refractivity contribution < 1.29 is 4.74 Å². The monoisotopic (exact) mass is 384 g/mol. The molecule has 0 spiro atoms. The first-order valence-electron chi connectivity index (χ1n) is 7.51. The summed E-state index contributed by atoms with van der Waals surface area (Å²) in [4.78, 5) is 17.3. The molecule has 0 unspecified atom stereocenters. The second-order valence-corrected chi connectivity index (χ2v) is 6.40. The van der Waals surface area contributed by atoms with Crippen molar-refractivity contribution in [2.45, 2.75) is 0 Å². The quantitative estimate of drug-likeness (QED) is 0.565. The van der Waals surface area contributed by atoms with E-state index in [-0.39, 0.29) is 16.8 Å². The van der Waals surface area contributed by atoms with Crippen LogP contribution in [0.1, 0.15) is 5.56 Å². The number of nitrogens with zero attached hydrogens (tertiary/aromatic N) is 3. The van der Waals surface area contributed by atoms with Gasteiger partial charge in [-0.3, -0.25) is 9.89 Å². The maximum absolute atomic E-state index is 12.9. The van der Waals surface area contributed by atoms with E-state index >= 15 is 0 Å². The smallest absolute Gasteiger partial charge is 0.280 e. The fourth-order valence-corrected chi connectivity index (χ4v) is 3.34. The van der Waals surface area contributed by atoms with Gasteiger partial charge in [0.25, 0.3) is 5.56 Å². The molecule has 26 heavy (non-hydrogen) atoms. The summed E-state index contributed by atoms with van der Waals surface area (Å²) >= 11 is 12.2. The fraction of sp³-hybridized carbons (Fsp3) is 0.0556. The van der Waals surface area contributed by atoms with Crippen molar-refractivity contribution in [2.75, 3.05) is 7.11 Å². The third-order valence-corrected chi connectivity index (χ3v) is 4.63. The summed E-state index contributed by atoms with van der Waals surface area (Å²) in [6, 6.07) is 12.0. The lowest BCUT2D eigenvalue weighted by Crippen LogP contribution is -2.15. The van der Waals surface area contributed by atoms with Crippen LogP contribution in [0.25, 0.3) is 27.8 Å². The van der Waals surface area contributed by atoms with Gasteiger partial charge < -0.3 is 4.74 Å². The number of benzene rings is 2. The number of fused-ring (bicyclic) bond motifs is 2. The molecule has 0 atom stereocenters. The van der Waals surface area contributed by atoms with Gasteiger partial charge in [-0.15, -0.1) is 0 Å². The van der Waals surface area contributed by atoms with Gasteiger partial charge in [-0.1, -0.05) is 23.2 Å². The molecule has 4 rings (SSSR count). The number of nitriles is 1. The molecule has 6 nitrogen and oxygen atoms in total. The van der Waals surface area contributed by atoms with Crippen molar-refractivity contribution in [3.8, 4) is 23.1 Å². The molecule has 0 radical (unpaired) electrons. The van der Waals surface area contributed by atoms with E-state index in [1.165, 1.54) is 11.6 Å². The van der Waals surface area contributed by atoms with E-state index in [1.807, 2.05) is 0 Å². The van der Waals surface area contributed by atoms with Crippen molar-refractivity contribution in [1.29, 1.82) is 5.26 Å². The number of ether oxygens (including phenoxy) is 1. The Kier molecular flexibility index (Phi) is 3.83. The summed E-state index contributed by atoms with van der Waals surface area (Å²) in [7, 11) is 1.52. The van der Waals surface area contributed by atoms with E-state index < -0.39 is 0 Å². The topological polar surface area (TPSA) is 83.2 Å². The van der Waals surface area contributed by atoms with Crippen LogP contribution in [0, 0.1) is 11.3 Å². The predicted octanol–water partition coefficient (Wildman–Crippen LogP) is 4.03. The van der Waals surface area contributed by atoms with E-state index in [9.17, 15) is 10.1 Å². The maximum atomic E-state index is 12.9. The second-order valence-electron chi connectivity index (χ2n) is 5.56. The van der Waals surface area contributed by atoms with Crippen LogP contribution in [0.15, 0.2) is 41.2 Å². The molecule has 0 aliphatic heterocycles. The van der Waals surface area contributed by atoms with Crippen molar-refractivity contribution in [3.05, 3.63) is 62.4 Å². The molecule has 2 aromatic carbocycles. The highest BCUT2D eigenvalue weighted by Gasteiger charge is 2.19. The van der Waals surface area contributed by atoms with Gasteiger partial charge in [0.15, 0.2) is 5.65 Å². The van der Waals surface area contributed by atoms with Gasteiger partial charge in [0.1, 0.15) is 17.4 Å². The molecule has 0 bridgehead atoms. The van der Waals surface area contributed by atoms with Crippen LogP contribution in [0.4, 0.5) is 0 Å². The Bertz CT molecular complexity index is 1280. The lowest BCUT2D eigenvalue weighted by atomic mass is 10.1. The zero-order chi connectivity index (χ0) is 18.4. The minimum absolute atomic E-state index is 0.226. The molecule has 0 saturated carbocycles. The molecule has 128 valence electrons. The molecular weight excluding hydrogens is 375 g/mol. The van der Waals surface area contributed by atoms with Crippen LogP contribution in [-0.4, -0.2) is 21.7 Å². The lowest BCUT2D eigenvalue weighted by Gasteiger charge is -2.02. The number of rotatable bonds is 2. The van der Waals surface area contributed by atoms with Gasteiger partial charge in [0.05, 0.1) is 28.7 Å². The first-order valence-corrected chi connectivity index (χ1v) is 8.27. The van der Waals surface area contributed by atoms with E-state index in [2.05, 4.69) is 16.2 Å². The van der Waals surface area contributed by atoms with Crippen LogP contribution in [0.5, 0.6) is 5.75 Å². The standard InChI is InChI=1S/C18H10Cl2N4O2/c1-26-10-3-5-15-12(7-10)18(25)24-17(22-15)13(8-21)16(23-24)11-4-2-9(19)6-14(11)20/h2-7,23H,1H3. The molecule has 0 aliphatic carbocycles. The summed E-state index contributed by atoms with van der Waals surface area (Å²) in [6.45, 7) is 0. The highest BCUT2D eigenvalue weighted by Crippen LogP contribution is 2.32. The fourth-order valence-electron chi connectivity index (χ4n) is 2.84.